The van der Waals surface area contributed by atoms with Gasteiger partial charge in [0.25, 0.3) is 0 Å². The van der Waals surface area contributed by atoms with Crippen molar-refractivity contribution < 1.29 is 4.79 Å². The molecule has 0 atom stereocenters. The number of rotatable bonds is 3. The lowest BCUT2D eigenvalue weighted by Crippen LogP contribution is -2.15. The number of nitrogens with zero attached hydrogens (tertiary/aromatic N) is 3. The summed E-state index contributed by atoms with van der Waals surface area (Å²) in [4.78, 5) is 16.2. The second kappa shape index (κ2) is 4.99. The highest BCUT2D eigenvalue weighted by molar-refractivity contribution is 5.90. The maximum absolute atomic E-state index is 11.9. The third kappa shape index (κ3) is 2.75. The summed E-state index contributed by atoms with van der Waals surface area (Å²) in [5.74, 6) is 0.639. The first-order valence-electron chi connectivity index (χ1n) is 6.82. The van der Waals surface area contributed by atoms with Crippen molar-refractivity contribution in [3.05, 3.63) is 24.2 Å². The van der Waals surface area contributed by atoms with E-state index in [1.807, 2.05) is 19.2 Å². The van der Waals surface area contributed by atoms with Crippen molar-refractivity contribution in [2.75, 3.05) is 5.32 Å². The highest BCUT2D eigenvalue weighted by atomic mass is 16.1. The summed E-state index contributed by atoms with van der Waals surface area (Å²) in [6, 6.07) is 1.91. The minimum absolute atomic E-state index is 0.0805. The molecule has 2 aromatic rings. The van der Waals surface area contributed by atoms with Crippen LogP contribution in [-0.4, -0.2) is 20.5 Å². The van der Waals surface area contributed by atoms with Crippen LogP contribution in [0.5, 0.6) is 0 Å². The number of aryl methyl sites for hydroxylation is 1. The van der Waals surface area contributed by atoms with Crippen LogP contribution in [-0.2, 0) is 4.79 Å². The van der Waals surface area contributed by atoms with Gasteiger partial charge in [0, 0.05) is 12.5 Å². The van der Waals surface area contributed by atoms with Gasteiger partial charge in [-0.25, -0.2) is 9.50 Å². The molecule has 0 unspecified atom stereocenters. The van der Waals surface area contributed by atoms with E-state index in [-0.39, 0.29) is 5.91 Å². The zero-order valence-corrected chi connectivity index (χ0v) is 11.1. The van der Waals surface area contributed by atoms with Gasteiger partial charge in [-0.2, -0.15) is 5.10 Å². The van der Waals surface area contributed by atoms with Crippen molar-refractivity contribution >= 4 is 17.2 Å². The topological polar surface area (TPSA) is 59.3 Å². The van der Waals surface area contributed by atoms with Gasteiger partial charge < -0.3 is 5.32 Å². The number of nitrogens with one attached hydrogen (secondary N) is 1. The summed E-state index contributed by atoms with van der Waals surface area (Å²) >= 11 is 0. The monoisotopic (exact) mass is 258 g/mol. The molecule has 0 radical (unpaired) electrons. The molecule has 3 rings (SSSR count). The number of hydrogen-bond donors (Lipinski definition) is 1. The molecular formula is C14H18N4O. The van der Waals surface area contributed by atoms with Crippen molar-refractivity contribution in [3.63, 3.8) is 0 Å². The molecule has 0 saturated heterocycles. The summed E-state index contributed by atoms with van der Waals surface area (Å²) in [7, 11) is 0. The summed E-state index contributed by atoms with van der Waals surface area (Å²) < 4.78 is 1.69. The Kier molecular flexibility index (Phi) is 3.19. The van der Waals surface area contributed by atoms with E-state index in [1.165, 1.54) is 25.7 Å². The van der Waals surface area contributed by atoms with Crippen molar-refractivity contribution in [2.45, 2.75) is 39.0 Å². The third-order valence-electron chi connectivity index (χ3n) is 3.67. The summed E-state index contributed by atoms with van der Waals surface area (Å²) in [5, 5.41) is 7.20. The molecule has 1 N–H and O–H groups in total. The number of carbonyl (C=O) groups is 1. The van der Waals surface area contributed by atoms with Gasteiger partial charge in [-0.1, -0.05) is 12.8 Å². The second-order valence-electron chi connectivity index (χ2n) is 5.33. The Morgan fingerprint density at radius 2 is 2.26 bits per heavy atom. The number of carbonyl (C=O) groups excluding carboxylic acids is 1. The SMILES string of the molecule is Cc1cc2ncc(NC(=O)CC3CCCC3)cn2n1. The number of amides is 1. The lowest BCUT2D eigenvalue weighted by Gasteiger charge is -2.09. The molecule has 1 fully saturated rings. The van der Waals surface area contributed by atoms with E-state index in [0.717, 1.165) is 11.3 Å². The van der Waals surface area contributed by atoms with Crippen molar-refractivity contribution in [3.8, 4) is 0 Å². The molecule has 0 aliphatic heterocycles. The fourth-order valence-electron chi connectivity index (χ4n) is 2.75. The molecular weight excluding hydrogens is 240 g/mol. The zero-order chi connectivity index (χ0) is 13.2. The van der Waals surface area contributed by atoms with Gasteiger partial charge in [0.05, 0.1) is 23.8 Å². The van der Waals surface area contributed by atoms with Gasteiger partial charge in [0.2, 0.25) is 5.91 Å². The predicted octanol–water partition coefficient (Wildman–Crippen LogP) is 2.56. The molecule has 5 nitrogen and oxygen atoms in total. The van der Waals surface area contributed by atoms with Crippen LogP contribution in [0.15, 0.2) is 18.5 Å². The van der Waals surface area contributed by atoms with Gasteiger partial charge in [0.1, 0.15) is 0 Å². The van der Waals surface area contributed by atoms with Gasteiger partial charge >= 0.3 is 0 Å². The van der Waals surface area contributed by atoms with Crippen LogP contribution in [0.2, 0.25) is 0 Å². The Labute approximate surface area is 112 Å². The lowest BCUT2D eigenvalue weighted by atomic mass is 10.0. The fourth-order valence-corrected chi connectivity index (χ4v) is 2.75. The first kappa shape index (κ1) is 12.1. The average molecular weight is 258 g/mol. The molecule has 2 heterocycles. The van der Waals surface area contributed by atoms with E-state index in [1.54, 1.807) is 10.7 Å². The molecule has 19 heavy (non-hydrogen) atoms. The first-order valence-corrected chi connectivity index (χ1v) is 6.82. The normalized spacial score (nSPS) is 16.1. The highest BCUT2D eigenvalue weighted by Crippen LogP contribution is 2.27. The van der Waals surface area contributed by atoms with E-state index in [9.17, 15) is 4.79 Å². The molecule has 1 aliphatic carbocycles. The van der Waals surface area contributed by atoms with Gasteiger partial charge in [-0.15, -0.1) is 0 Å². The van der Waals surface area contributed by atoms with Crippen LogP contribution in [0.3, 0.4) is 0 Å². The van der Waals surface area contributed by atoms with E-state index in [0.29, 0.717) is 18.0 Å². The van der Waals surface area contributed by atoms with Gasteiger partial charge in [-0.3, -0.25) is 4.79 Å². The Hall–Kier alpha value is -1.91. The van der Waals surface area contributed by atoms with Crippen LogP contribution in [0.25, 0.3) is 5.65 Å². The van der Waals surface area contributed by atoms with Crippen LogP contribution in [0.1, 0.15) is 37.8 Å². The molecule has 5 heteroatoms. The minimum atomic E-state index is 0.0805. The molecule has 2 aromatic heterocycles. The maximum atomic E-state index is 11.9. The van der Waals surface area contributed by atoms with Gasteiger partial charge in [0.15, 0.2) is 5.65 Å². The quantitative estimate of drug-likeness (QED) is 0.920. The predicted molar refractivity (Wildman–Crippen MR) is 72.9 cm³/mol. The number of anilines is 1. The van der Waals surface area contributed by atoms with Crippen LogP contribution < -0.4 is 5.32 Å². The van der Waals surface area contributed by atoms with Crippen molar-refractivity contribution in [1.29, 1.82) is 0 Å². The Balaban J connectivity index is 1.68. The van der Waals surface area contributed by atoms with Crippen LogP contribution in [0, 0.1) is 12.8 Å². The fraction of sp³-hybridized carbons (Fsp3) is 0.500. The summed E-state index contributed by atoms with van der Waals surface area (Å²) in [6.07, 6.45) is 9.00. The summed E-state index contributed by atoms with van der Waals surface area (Å²) in [5.41, 5.74) is 2.42. The van der Waals surface area contributed by atoms with Crippen molar-refractivity contribution in [1.82, 2.24) is 14.6 Å². The van der Waals surface area contributed by atoms with Crippen LogP contribution in [0.4, 0.5) is 5.69 Å². The largest absolute Gasteiger partial charge is 0.323 e. The molecule has 100 valence electrons. The Morgan fingerprint density at radius 1 is 1.47 bits per heavy atom. The van der Waals surface area contributed by atoms with E-state index >= 15 is 0 Å². The molecule has 1 saturated carbocycles. The van der Waals surface area contributed by atoms with Crippen molar-refractivity contribution in [2.24, 2.45) is 5.92 Å². The number of hydrogen-bond acceptors (Lipinski definition) is 3. The van der Waals surface area contributed by atoms with E-state index < -0.39 is 0 Å². The van der Waals surface area contributed by atoms with Crippen LogP contribution >= 0.6 is 0 Å². The lowest BCUT2D eigenvalue weighted by molar-refractivity contribution is -0.117. The highest BCUT2D eigenvalue weighted by Gasteiger charge is 2.18. The first-order chi connectivity index (χ1) is 9.20. The molecule has 0 aromatic carbocycles. The smallest absolute Gasteiger partial charge is 0.224 e. The third-order valence-corrected chi connectivity index (χ3v) is 3.67. The number of fused-ring (bicyclic) bond motifs is 1. The van der Waals surface area contributed by atoms with E-state index in [2.05, 4.69) is 15.4 Å². The Morgan fingerprint density at radius 3 is 3.05 bits per heavy atom. The average Bonchev–Trinajstić information content (AvgIpc) is 2.96. The standard InChI is InChI=1S/C14H18N4O/c1-10-6-13-15-8-12(9-18(13)17-10)16-14(19)7-11-4-2-3-5-11/h6,8-9,11H,2-5,7H2,1H3,(H,16,19). The summed E-state index contributed by atoms with van der Waals surface area (Å²) in [6.45, 7) is 1.92. The minimum Gasteiger partial charge on any atom is -0.323 e. The maximum Gasteiger partial charge on any atom is 0.224 e. The molecule has 0 spiro atoms. The van der Waals surface area contributed by atoms with E-state index in [4.69, 9.17) is 0 Å². The molecule has 1 aliphatic rings. The Bertz CT molecular complexity index is 599. The molecule has 0 bridgehead atoms. The zero-order valence-electron chi connectivity index (χ0n) is 11.1. The second-order valence-corrected chi connectivity index (χ2v) is 5.33. The number of aromatic nitrogens is 3. The molecule has 1 amide bonds. The van der Waals surface area contributed by atoms with Gasteiger partial charge in [-0.05, 0) is 25.7 Å².